The van der Waals surface area contributed by atoms with Crippen LogP contribution in [-0.4, -0.2) is 5.91 Å². The molecule has 0 fully saturated rings. The topological polar surface area (TPSA) is 62.1 Å². The van der Waals surface area contributed by atoms with Crippen molar-refractivity contribution >= 4 is 90.4 Å². The van der Waals surface area contributed by atoms with E-state index in [1.165, 1.54) is 0 Å². The minimum Gasteiger partial charge on any atom is -0.487 e. The molecule has 0 spiro atoms. The molecule has 1 amide bonds. The number of anilines is 1. The second kappa shape index (κ2) is 11.3. The van der Waals surface area contributed by atoms with Gasteiger partial charge in [0.1, 0.15) is 24.0 Å². The Bertz CT molecular complexity index is 1170. The number of hydrogen-bond acceptors (Lipinski definition) is 3. The van der Waals surface area contributed by atoms with Crippen LogP contribution in [-0.2, 0) is 11.4 Å². The van der Waals surface area contributed by atoms with E-state index in [0.717, 1.165) is 28.5 Å². The van der Waals surface area contributed by atoms with Gasteiger partial charge in [0.25, 0.3) is 5.91 Å². The molecule has 0 saturated heterocycles. The van der Waals surface area contributed by atoms with Gasteiger partial charge >= 0.3 is 0 Å². The zero-order chi connectivity index (χ0) is 22.4. The molecule has 0 aliphatic heterocycles. The van der Waals surface area contributed by atoms with Crippen molar-refractivity contribution < 1.29 is 9.53 Å². The van der Waals surface area contributed by atoms with Crippen LogP contribution >= 0.6 is 72.7 Å². The smallest absolute Gasteiger partial charge is 0.266 e. The summed E-state index contributed by atoms with van der Waals surface area (Å²) >= 11 is 13.9. The number of nitrogens with zero attached hydrogens (tertiary/aromatic N) is 1. The van der Waals surface area contributed by atoms with Gasteiger partial charge in [0.05, 0.1) is 17.9 Å². The number of hydrogen-bond donors (Lipinski definition) is 1. The van der Waals surface area contributed by atoms with E-state index in [1.807, 2.05) is 42.5 Å². The lowest BCUT2D eigenvalue weighted by atomic mass is 10.1. The van der Waals surface area contributed by atoms with E-state index in [2.05, 4.69) is 66.4 Å². The monoisotopic (exact) mass is 718 g/mol. The van der Waals surface area contributed by atoms with E-state index in [0.29, 0.717) is 17.3 Å². The summed E-state index contributed by atoms with van der Waals surface area (Å²) in [5.74, 6) is 0.247. The number of ether oxygens (including phenoxy) is 1. The first-order valence-corrected chi connectivity index (χ1v) is 12.2. The number of nitrogens with one attached hydrogen (secondary N) is 1. The summed E-state index contributed by atoms with van der Waals surface area (Å²) in [5, 5.41) is 12.6. The van der Waals surface area contributed by atoms with Gasteiger partial charge in [-0.3, -0.25) is 4.79 Å². The van der Waals surface area contributed by atoms with Gasteiger partial charge in [0.2, 0.25) is 0 Å². The number of carbonyl (C=O) groups is 1. The van der Waals surface area contributed by atoms with Crippen LogP contribution < -0.4 is 10.1 Å². The number of nitriles is 1. The third-order valence-electron chi connectivity index (χ3n) is 4.12. The highest BCUT2D eigenvalue weighted by molar-refractivity contribution is 14.1. The lowest BCUT2D eigenvalue weighted by molar-refractivity contribution is -0.112. The summed E-state index contributed by atoms with van der Waals surface area (Å²) in [7, 11) is 0. The number of amides is 1. The zero-order valence-electron chi connectivity index (χ0n) is 15.8. The Morgan fingerprint density at radius 3 is 2.39 bits per heavy atom. The van der Waals surface area contributed by atoms with Crippen LogP contribution in [0.2, 0.25) is 5.02 Å². The highest BCUT2D eigenvalue weighted by Crippen LogP contribution is 2.31. The molecule has 0 bridgehead atoms. The first-order chi connectivity index (χ1) is 14.9. The van der Waals surface area contributed by atoms with Gasteiger partial charge < -0.3 is 10.1 Å². The fourth-order valence-corrected chi connectivity index (χ4v) is 5.18. The fraction of sp³-hybridized carbons (Fsp3) is 0.0435. The molecule has 4 nitrogen and oxygen atoms in total. The van der Waals surface area contributed by atoms with E-state index in [4.69, 9.17) is 16.3 Å². The summed E-state index contributed by atoms with van der Waals surface area (Å²) in [6, 6.07) is 20.5. The van der Waals surface area contributed by atoms with Crippen LogP contribution in [0, 0.1) is 18.5 Å². The molecule has 0 radical (unpaired) electrons. The minimum atomic E-state index is -0.517. The van der Waals surface area contributed by atoms with Crippen molar-refractivity contribution in [1.82, 2.24) is 0 Å². The number of benzene rings is 3. The van der Waals surface area contributed by atoms with Gasteiger partial charge in [0, 0.05) is 4.47 Å². The molecule has 0 atom stereocenters. The molecule has 0 aromatic heterocycles. The van der Waals surface area contributed by atoms with E-state index in [1.54, 1.807) is 30.3 Å². The summed E-state index contributed by atoms with van der Waals surface area (Å²) in [6.45, 7) is 0.443. The highest BCUT2D eigenvalue weighted by atomic mass is 127. The van der Waals surface area contributed by atoms with Gasteiger partial charge in [-0.1, -0.05) is 51.8 Å². The lowest BCUT2D eigenvalue weighted by Gasteiger charge is -2.12. The average molecular weight is 720 g/mol. The summed E-state index contributed by atoms with van der Waals surface area (Å²) in [4.78, 5) is 12.5. The molecule has 156 valence electrons. The largest absolute Gasteiger partial charge is 0.487 e. The van der Waals surface area contributed by atoms with Crippen molar-refractivity contribution in [3.8, 4) is 11.8 Å². The molecule has 3 aromatic carbocycles. The van der Waals surface area contributed by atoms with E-state index >= 15 is 0 Å². The van der Waals surface area contributed by atoms with E-state index < -0.39 is 5.91 Å². The fourth-order valence-electron chi connectivity index (χ4n) is 2.60. The van der Waals surface area contributed by atoms with Gasteiger partial charge in [-0.15, -0.1) is 0 Å². The maximum atomic E-state index is 12.5. The molecule has 0 unspecified atom stereocenters. The van der Waals surface area contributed by atoms with E-state index in [-0.39, 0.29) is 5.57 Å². The normalized spacial score (nSPS) is 11.0. The number of halogens is 4. The molecule has 0 heterocycles. The Kier molecular flexibility index (Phi) is 8.77. The average Bonchev–Trinajstić information content (AvgIpc) is 2.74. The Labute approximate surface area is 221 Å². The van der Waals surface area contributed by atoms with Crippen molar-refractivity contribution in [3.05, 3.63) is 94.0 Å². The standard InChI is InChI=1S/C23H14BrClI2N2O2/c24-17-7-5-14(6-8-17)13-31-22-19(26)10-15(11-20(22)27)9-16(12-28)23(30)29-21-4-2-1-3-18(21)25/h1-11H,13H2,(H,29,30)/b16-9+. The zero-order valence-corrected chi connectivity index (χ0v) is 22.5. The third kappa shape index (κ3) is 6.68. The quantitative estimate of drug-likeness (QED) is 0.164. The van der Waals surface area contributed by atoms with Gasteiger partial charge in [-0.2, -0.15) is 5.26 Å². The molecule has 3 rings (SSSR count). The molecule has 1 N–H and O–H groups in total. The molecule has 0 aliphatic carbocycles. The number of para-hydroxylation sites is 1. The second-order valence-corrected chi connectivity index (χ2v) is 9.98. The van der Waals surface area contributed by atoms with E-state index in [9.17, 15) is 10.1 Å². The van der Waals surface area contributed by atoms with Gasteiger partial charge in [0.15, 0.2) is 0 Å². The Morgan fingerprint density at radius 1 is 1.13 bits per heavy atom. The summed E-state index contributed by atoms with van der Waals surface area (Å²) in [6.07, 6.45) is 1.55. The molecule has 3 aromatic rings. The summed E-state index contributed by atoms with van der Waals surface area (Å²) in [5.41, 5.74) is 2.23. The molecule has 0 saturated carbocycles. The second-order valence-electron chi connectivity index (χ2n) is 6.33. The van der Waals surface area contributed by atoms with Gasteiger partial charge in [-0.25, -0.2) is 0 Å². The summed E-state index contributed by atoms with van der Waals surface area (Å²) < 4.78 is 8.80. The predicted octanol–water partition coefficient (Wildman–Crippen LogP) is 7.44. The van der Waals surface area contributed by atoms with Crippen LogP contribution in [0.5, 0.6) is 5.75 Å². The first kappa shape index (κ1) is 24.0. The Morgan fingerprint density at radius 2 is 1.77 bits per heavy atom. The Balaban J connectivity index is 1.78. The van der Waals surface area contributed by atoms with Crippen LogP contribution in [0.4, 0.5) is 5.69 Å². The van der Waals surface area contributed by atoms with Crippen LogP contribution in [0.3, 0.4) is 0 Å². The van der Waals surface area contributed by atoms with Crippen molar-refractivity contribution in [2.45, 2.75) is 6.61 Å². The SMILES string of the molecule is N#C/C(=C\c1cc(I)c(OCc2ccc(Br)cc2)c(I)c1)C(=O)Nc1ccccc1Cl. The first-order valence-electron chi connectivity index (χ1n) is 8.91. The van der Waals surface area contributed by atoms with Gasteiger partial charge in [-0.05, 0) is 98.8 Å². The molecule has 31 heavy (non-hydrogen) atoms. The highest BCUT2D eigenvalue weighted by Gasteiger charge is 2.13. The predicted molar refractivity (Wildman–Crippen MR) is 144 cm³/mol. The van der Waals surface area contributed by atoms with Crippen molar-refractivity contribution in [2.24, 2.45) is 0 Å². The minimum absolute atomic E-state index is 0.0185. The third-order valence-corrected chi connectivity index (χ3v) is 6.58. The van der Waals surface area contributed by atoms with Crippen LogP contribution in [0.25, 0.3) is 6.08 Å². The maximum absolute atomic E-state index is 12.5. The molecular weight excluding hydrogens is 705 g/mol. The van der Waals surface area contributed by atoms with Crippen LogP contribution in [0.1, 0.15) is 11.1 Å². The van der Waals surface area contributed by atoms with Crippen molar-refractivity contribution in [3.63, 3.8) is 0 Å². The van der Waals surface area contributed by atoms with Crippen LogP contribution in [0.15, 0.2) is 70.7 Å². The lowest BCUT2D eigenvalue weighted by Crippen LogP contribution is -2.13. The van der Waals surface area contributed by atoms with Crippen molar-refractivity contribution in [1.29, 1.82) is 5.26 Å². The Hall–Kier alpha value is -1.61. The van der Waals surface area contributed by atoms with Crippen molar-refractivity contribution in [2.75, 3.05) is 5.32 Å². The molecule has 8 heteroatoms. The molecular formula is C23H14BrClI2N2O2. The molecule has 0 aliphatic rings. The maximum Gasteiger partial charge on any atom is 0.266 e. The number of carbonyl (C=O) groups excluding carboxylic acids is 1. The number of rotatable bonds is 6.